The molecule has 0 unspecified atom stereocenters. The molecule has 10 heteroatoms. The number of hydrogen-bond acceptors (Lipinski definition) is 8. The van der Waals surface area contributed by atoms with E-state index in [0.717, 1.165) is 0 Å². The molecule has 0 radical (unpaired) electrons. The van der Waals surface area contributed by atoms with E-state index in [0.29, 0.717) is 28.6 Å². The highest BCUT2D eigenvalue weighted by atomic mass is 16.7. The Labute approximate surface area is 128 Å². The number of ether oxygens (including phenoxy) is 2. The molecule has 10 nitrogen and oxygen atoms in total. The van der Waals surface area contributed by atoms with Crippen LogP contribution in [-0.4, -0.2) is 31.6 Å². The summed E-state index contributed by atoms with van der Waals surface area (Å²) >= 11 is 0. The van der Waals surface area contributed by atoms with Crippen LogP contribution in [0.1, 0.15) is 0 Å². The Morgan fingerprint density at radius 1 is 1.26 bits per heavy atom. The molecule has 1 aliphatic heterocycles. The molecule has 0 atom stereocenters. The number of benzene rings is 1. The van der Waals surface area contributed by atoms with E-state index in [9.17, 15) is 10.1 Å². The minimum Gasteiger partial charge on any atom is -0.454 e. The molecular weight excluding hydrogens is 306 g/mol. The molecule has 3 aromatic rings. The third kappa shape index (κ3) is 2.16. The lowest BCUT2D eigenvalue weighted by molar-refractivity contribution is -0.389. The maximum atomic E-state index is 10.8. The van der Waals surface area contributed by atoms with E-state index >= 15 is 0 Å². The van der Waals surface area contributed by atoms with Gasteiger partial charge in [-0.1, -0.05) is 5.16 Å². The average Bonchev–Trinajstić information content (AvgIpc) is 3.24. The zero-order chi connectivity index (χ0) is 16.0. The number of fused-ring (bicyclic) bond motifs is 1. The van der Waals surface area contributed by atoms with Crippen LogP contribution in [0, 0.1) is 10.1 Å². The quantitative estimate of drug-likeness (QED) is 0.530. The SMILES string of the molecule is Cn1nc([N+](=O)[O-])cc1-c1nc(-c2ccc3c(c2)OCO3)no1. The highest BCUT2D eigenvalue weighted by molar-refractivity contribution is 5.63. The lowest BCUT2D eigenvalue weighted by Gasteiger charge is -1.97. The summed E-state index contributed by atoms with van der Waals surface area (Å²) in [5, 5.41) is 18.4. The molecule has 1 aromatic carbocycles. The predicted molar refractivity (Wildman–Crippen MR) is 74.7 cm³/mol. The van der Waals surface area contributed by atoms with Crippen LogP contribution in [-0.2, 0) is 7.05 Å². The topological polar surface area (TPSA) is 118 Å². The van der Waals surface area contributed by atoms with Gasteiger partial charge in [-0.25, -0.2) is 0 Å². The van der Waals surface area contributed by atoms with Crippen LogP contribution in [0.25, 0.3) is 23.0 Å². The molecule has 116 valence electrons. The summed E-state index contributed by atoms with van der Waals surface area (Å²) in [6, 6.07) is 6.54. The van der Waals surface area contributed by atoms with Gasteiger partial charge in [0.15, 0.2) is 17.2 Å². The van der Waals surface area contributed by atoms with Crippen molar-refractivity contribution in [1.82, 2.24) is 19.9 Å². The normalized spacial score (nSPS) is 12.6. The van der Waals surface area contributed by atoms with Gasteiger partial charge in [-0.3, -0.25) is 0 Å². The highest BCUT2D eigenvalue weighted by Gasteiger charge is 2.22. The van der Waals surface area contributed by atoms with E-state index in [4.69, 9.17) is 14.0 Å². The molecule has 0 saturated carbocycles. The van der Waals surface area contributed by atoms with Crippen LogP contribution >= 0.6 is 0 Å². The molecule has 3 heterocycles. The second-order valence-electron chi connectivity index (χ2n) is 4.76. The average molecular weight is 315 g/mol. The maximum absolute atomic E-state index is 10.8. The van der Waals surface area contributed by atoms with Crippen LogP contribution in [0.2, 0.25) is 0 Å². The summed E-state index contributed by atoms with van der Waals surface area (Å²) in [4.78, 5) is 14.4. The van der Waals surface area contributed by atoms with Gasteiger partial charge in [0.2, 0.25) is 12.6 Å². The Morgan fingerprint density at radius 3 is 2.87 bits per heavy atom. The van der Waals surface area contributed by atoms with Crippen molar-refractivity contribution in [1.29, 1.82) is 0 Å². The third-order valence-electron chi connectivity index (χ3n) is 3.33. The third-order valence-corrected chi connectivity index (χ3v) is 3.33. The number of nitrogens with zero attached hydrogens (tertiary/aromatic N) is 5. The standard InChI is InChI=1S/C13H9N5O5/c1-17-8(5-11(15-17)18(19)20)13-14-12(16-23-13)7-2-3-9-10(4-7)22-6-21-9/h2-5H,6H2,1H3. The smallest absolute Gasteiger partial charge is 0.390 e. The van der Waals surface area contributed by atoms with E-state index in [1.54, 1.807) is 25.2 Å². The van der Waals surface area contributed by atoms with Gasteiger partial charge in [0, 0.05) is 5.56 Å². The Kier molecular flexibility index (Phi) is 2.76. The van der Waals surface area contributed by atoms with Gasteiger partial charge in [0.1, 0.15) is 0 Å². The molecule has 0 fully saturated rings. The summed E-state index contributed by atoms with van der Waals surface area (Å²) in [7, 11) is 1.56. The predicted octanol–water partition coefficient (Wildman–Crippen LogP) is 1.77. The van der Waals surface area contributed by atoms with Crippen molar-refractivity contribution in [2.75, 3.05) is 6.79 Å². The molecule has 4 rings (SSSR count). The van der Waals surface area contributed by atoms with Gasteiger partial charge in [-0.05, 0) is 23.1 Å². The van der Waals surface area contributed by atoms with Crippen molar-refractivity contribution in [3.8, 4) is 34.5 Å². The Hall–Kier alpha value is -3.43. The van der Waals surface area contributed by atoms with Crippen LogP contribution in [0.5, 0.6) is 11.5 Å². The van der Waals surface area contributed by atoms with Gasteiger partial charge in [0.05, 0.1) is 18.2 Å². The fourth-order valence-corrected chi connectivity index (χ4v) is 2.22. The lowest BCUT2D eigenvalue weighted by Crippen LogP contribution is -1.95. The van der Waals surface area contributed by atoms with Gasteiger partial charge >= 0.3 is 5.82 Å². The van der Waals surface area contributed by atoms with Crippen LogP contribution in [0.3, 0.4) is 0 Å². The monoisotopic (exact) mass is 315 g/mol. The molecule has 0 bridgehead atoms. The lowest BCUT2D eigenvalue weighted by atomic mass is 10.2. The summed E-state index contributed by atoms with van der Waals surface area (Å²) in [5.74, 6) is 1.44. The van der Waals surface area contributed by atoms with E-state index < -0.39 is 4.92 Å². The minimum absolute atomic E-state index is 0.140. The number of nitro groups is 1. The van der Waals surface area contributed by atoms with Crippen molar-refractivity contribution in [2.24, 2.45) is 7.05 Å². The van der Waals surface area contributed by atoms with Crippen molar-refractivity contribution < 1.29 is 18.9 Å². The van der Waals surface area contributed by atoms with Crippen LogP contribution in [0.4, 0.5) is 5.82 Å². The summed E-state index contributed by atoms with van der Waals surface area (Å²) in [6.45, 7) is 0.176. The summed E-state index contributed by atoms with van der Waals surface area (Å²) in [5.41, 5.74) is 1.04. The first kappa shape index (κ1) is 13.2. The molecule has 23 heavy (non-hydrogen) atoms. The minimum atomic E-state index is -0.585. The number of hydrogen-bond donors (Lipinski definition) is 0. The van der Waals surface area contributed by atoms with Crippen molar-refractivity contribution in [3.05, 3.63) is 34.4 Å². The number of rotatable bonds is 3. The van der Waals surface area contributed by atoms with Gasteiger partial charge < -0.3 is 24.1 Å². The fourth-order valence-electron chi connectivity index (χ4n) is 2.22. The van der Waals surface area contributed by atoms with E-state index in [2.05, 4.69) is 15.2 Å². The highest BCUT2D eigenvalue weighted by Crippen LogP contribution is 2.35. The molecule has 0 spiro atoms. The van der Waals surface area contributed by atoms with E-state index in [-0.39, 0.29) is 18.5 Å². The summed E-state index contributed by atoms with van der Waals surface area (Å²) < 4.78 is 17.0. The maximum Gasteiger partial charge on any atom is 0.390 e. The second-order valence-corrected chi connectivity index (χ2v) is 4.76. The molecule has 0 amide bonds. The first-order valence-corrected chi connectivity index (χ1v) is 6.54. The molecule has 1 aliphatic rings. The molecule has 0 N–H and O–H groups in total. The van der Waals surface area contributed by atoms with Crippen LogP contribution < -0.4 is 9.47 Å². The molecule has 2 aromatic heterocycles. The first-order chi connectivity index (χ1) is 11.1. The fraction of sp³-hybridized carbons (Fsp3) is 0.154. The molecular formula is C13H9N5O5. The zero-order valence-corrected chi connectivity index (χ0v) is 11.8. The van der Waals surface area contributed by atoms with Gasteiger partial charge in [0.25, 0.3) is 5.89 Å². The van der Waals surface area contributed by atoms with Crippen molar-refractivity contribution >= 4 is 5.82 Å². The Morgan fingerprint density at radius 2 is 2.09 bits per heavy atom. The number of aromatic nitrogens is 4. The second kappa shape index (κ2) is 4.80. The number of aryl methyl sites for hydroxylation is 1. The van der Waals surface area contributed by atoms with Crippen molar-refractivity contribution in [3.63, 3.8) is 0 Å². The van der Waals surface area contributed by atoms with Gasteiger partial charge in [-0.15, -0.1) is 0 Å². The largest absolute Gasteiger partial charge is 0.454 e. The van der Waals surface area contributed by atoms with E-state index in [1.807, 2.05) is 0 Å². The Balaban J connectivity index is 1.71. The summed E-state index contributed by atoms with van der Waals surface area (Å²) in [6.07, 6.45) is 0. The molecule has 0 aliphatic carbocycles. The van der Waals surface area contributed by atoms with Gasteiger partial charge in [-0.2, -0.15) is 9.67 Å². The Bertz CT molecular complexity index is 915. The first-order valence-electron chi connectivity index (χ1n) is 6.54. The zero-order valence-electron chi connectivity index (χ0n) is 11.8. The van der Waals surface area contributed by atoms with Crippen molar-refractivity contribution in [2.45, 2.75) is 0 Å². The van der Waals surface area contributed by atoms with Crippen LogP contribution in [0.15, 0.2) is 28.8 Å². The van der Waals surface area contributed by atoms with E-state index in [1.165, 1.54) is 10.7 Å². The molecule has 0 saturated heterocycles.